The number of hydrogen-bond donors (Lipinski definition) is 0. The summed E-state index contributed by atoms with van der Waals surface area (Å²) in [6, 6.07) is 14.2. The lowest BCUT2D eigenvalue weighted by molar-refractivity contribution is 0.306. The summed E-state index contributed by atoms with van der Waals surface area (Å²) in [6.07, 6.45) is 30.9. The van der Waals surface area contributed by atoms with Gasteiger partial charge in [-0.25, -0.2) is 0 Å². The molecule has 3 aromatic carbocycles. The van der Waals surface area contributed by atoms with Crippen LogP contribution >= 0.6 is 0 Å². The predicted molar refractivity (Wildman–Crippen MR) is 204 cm³/mol. The van der Waals surface area contributed by atoms with E-state index in [1.807, 2.05) is 0 Å². The van der Waals surface area contributed by atoms with Gasteiger partial charge in [-0.15, -0.1) is 0 Å². The van der Waals surface area contributed by atoms with E-state index < -0.39 is 0 Å². The Balaban J connectivity index is 1.85. The zero-order valence-corrected chi connectivity index (χ0v) is 30.7. The molecule has 0 aliphatic carbocycles. The van der Waals surface area contributed by atoms with E-state index in [-0.39, 0.29) is 0 Å². The highest BCUT2D eigenvalue weighted by molar-refractivity contribution is 6.11. The van der Waals surface area contributed by atoms with Crippen molar-refractivity contribution in [1.82, 2.24) is 0 Å². The Bertz CT molecular complexity index is 1120. The van der Waals surface area contributed by atoms with Gasteiger partial charge in [-0.3, -0.25) is 0 Å². The van der Waals surface area contributed by atoms with Crippen LogP contribution < -0.4 is 9.47 Å². The van der Waals surface area contributed by atoms with Crippen molar-refractivity contribution in [3.05, 3.63) is 47.5 Å². The minimum Gasteiger partial charge on any atom is -0.492 e. The third-order valence-electron chi connectivity index (χ3n) is 9.77. The van der Waals surface area contributed by atoms with Gasteiger partial charge in [0.1, 0.15) is 11.5 Å². The van der Waals surface area contributed by atoms with Crippen LogP contribution in [0.5, 0.6) is 11.5 Å². The molecule has 3 aromatic rings. The highest BCUT2D eigenvalue weighted by Gasteiger charge is 2.18. The first-order valence-electron chi connectivity index (χ1n) is 20.0. The largest absolute Gasteiger partial charge is 0.492 e. The summed E-state index contributed by atoms with van der Waals surface area (Å²) in [6.45, 7) is 10.7. The Labute approximate surface area is 284 Å². The molecule has 258 valence electrons. The van der Waals surface area contributed by atoms with Gasteiger partial charge in [0.15, 0.2) is 0 Å². The third-order valence-corrected chi connectivity index (χ3v) is 9.77. The molecule has 2 nitrogen and oxygen atoms in total. The summed E-state index contributed by atoms with van der Waals surface area (Å²) in [5.74, 6) is 2.15. The lowest BCUT2D eigenvalue weighted by Crippen LogP contribution is -2.03. The highest BCUT2D eigenvalue weighted by atomic mass is 16.5. The maximum atomic E-state index is 6.79. The molecular weight excluding hydrogens is 560 g/mol. The normalized spacial score (nSPS) is 11.6. The molecule has 0 aliphatic heterocycles. The Kier molecular flexibility index (Phi) is 19.9. The van der Waals surface area contributed by atoms with Crippen LogP contribution in [0.4, 0.5) is 0 Å². The van der Waals surface area contributed by atoms with Gasteiger partial charge in [-0.05, 0) is 61.8 Å². The van der Waals surface area contributed by atoms with E-state index in [2.05, 4.69) is 64.1 Å². The average Bonchev–Trinajstić information content (AvgIpc) is 3.07. The van der Waals surface area contributed by atoms with E-state index in [4.69, 9.17) is 9.47 Å². The van der Waals surface area contributed by atoms with Crippen LogP contribution in [0.2, 0.25) is 0 Å². The molecule has 0 spiro atoms. The first-order valence-corrected chi connectivity index (χ1v) is 20.0. The molecule has 0 aromatic heterocycles. The van der Waals surface area contributed by atoms with Gasteiger partial charge in [-0.1, -0.05) is 168 Å². The van der Waals surface area contributed by atoms with Crippen molar-refractivity contribution in [3.8, 4) is 11.5 Å². The van der Waals surface area contributed by atoms with Gasteiger partial charge in [0.25, 0.3) is 0 Å². The minimum absolute atomic E-state index is 0.788. The van der Waals surface area contributed by atoms with Crippen molar-refractivity contribution >= 4 is 21.5 Å². The molecule has 0 saturated heterocycles. The molecule has 0 amide bonds. The lowest BCUT2D eigenvalue weighted by Gasteiger charge is -2.19. The van der Waals surface area contributed by atoms with Crippen molar-refractivity contribution in [2.75, 3.05) is 13.2 Å². The summed E-state index contributed by atoms with van der Waals surface area (Å²) in [5, 5.41) is 4.93. The molecule has 0 radical (unpaired) electrons. The van der Waals surface area contributed by atoms with Gasteiger partial charge < -0.3 is 9.47 Å². The number of fused-ring (bicyclic) bond motifs is 2. The maximum Gasteiger partial charge on any atom is 0.135 e. The fourth-order valence-electron chi connectivity index (χ4n) is 6.85. The van der Waals surface area contributed by atoms with Gasteiger partial charge in [0, 0.05) is 21.5 Å². The zero-order chi connectivity index (χ0) is 32.7. The van der Waals surface area contributed by atoms with Gasteiger partial charge in [0.05, 0.1) is 13.2 Å². The van der Waals surface area contributed by atoms with E-state index in [1.54, 1.807) is 0 Å². The third kappa shape index (κ3) is 13.5. The molecule has 3 rings (SSSR count). The van der Waals surface area contributed by atoms with Crippen LogP contribution in [0.25, 0.3) is 21.5 Å². The lowest BCUT2D eigenvalue weighted by atomic mass is 9.95. The number of unbranched alkanes of at least 4 members (excludes halogenated alkanes) is 18. The maximum absolute atomic E-state index is 6.79. The van der Waals surface area contributed by atoms with Gasteiger partial charge >= 0.3 is 0 Å². The summed E-state index contributed by atoms with van der Waals surface area (Å²) in [5.41, 5.74) is 2.84. The van der Waals surface area contributed by atoms with E-state index in [0.717, 1.165) is 50.4 Å². The smallest absolute Gasteiger partial charge is 0.135 e. The van der Waals surface area contributed by atoms with Crippen molar-refractivity contribution in [1.29, 1.82) is 0 Å². The number of benzene rings is 3. The molecule has 2 heteroatoms. The Morgan fingerprint density at radius 3 is 1.04 bits per heavy atom. The monoisotopic (exact) mass is 631 g/mol. The Hall–Kier alpha value is -2.22. The summed E-state index contributed by atoms with van der Waals surface area (Å²) in [4.78, 5) is 0. The molecule has 0 saturated carbocycles. The van der Waals surface area contributed by atoms with Crippen LogP contribution in [-0.4, -0.2) is 13.2 Å². The van der Waals surface area contributed by atoms with Crippen LogP contribution in [-0.2, 0) is 12.8 Å². The standard InChI is InChI=1S/C44H70O2/c1-5-9-13-15-17-19-21-25-33-45-43-39-31-29-38(28-24-12-8-4)36-42(39)44(46-34-26-22-20-18-16-14-10-6-2)40-32-30-37(35-41(40)43)27-23-11-7-3/h29-32,35-36H,5-28,33-34H2,1-4H3. The van der Waals surface area contributed by atoms with Gasteiger partial charge in [0.2, 0.25) is 0 Å². The van der Waals surface area contributed by atoms with Crippen LogP contribution in [0, 0.1) is 0 Å². The molecule has 0 N–H and O–H groups in total. The molecule has 0 bridgehead atoms. The first-order chi connectivity index (χ1) is 22.7. The fourth-order valence-corrected chi connectivity index (χ4v) is 6.85. The van der Waals surface area contributed by atoms with E-state index in [1.165, 1.54) is 161 Å². The van der Waals surface area contributed by atoms with Crippen LogP contribution in [0.3, 0.4) is 0 Å². The van der Waals surface area contributed by atoms with E-state index in [0.29, 0.717) is 0 Å². The van der Waals surface area contributed by atoms with Crippen LogP contribution in [0.15, 0.2) is 36.4 Å². The van der Waals surface area contributed by atoms with E-state index in [9.17, 15) is 0 Å². The van der Waals surface area contributed by atoms with Crippen molar-refractivity contribution < 1.29 is 9.47 Å². The zero-order valence-electron chi connectivity index (χ0n) is 30.7. The van der Waals surface area contributed by atoms with Crippen LogP contribution in [0.1, 0.15) is 180 Å². The molecule has 0 aliphatic rings. The molecular formula is C44H70O2. The quantitative estimate of drug-likeness (QED) is 0.0587. The predicted octanol–water partition coefficient (Wildman–Crippen LogP) is 14.5. The summed E-state index contributed by atoms with van der Waals surface area (Å²) < 4.78 is 13.6. The average molecular weight is 631 g/mol. The van der Waals surface area contributed by atoms with Gasteiger partial charge in [-0.2, -0.15) is 0 Å². The Morgan fingerprint density at radius 2 is 0.674 bits per heavy atom. The molecule has 0 atom stereocenters. The molecule has 0 heterocycles. The number of ether oxygens (including phenoxy) is 2. The second-order valence-electron chi connectivity index (χ2n) is 14.0. The first kappa shape index (κ1) is 38.2. The minimum atomic E-state index is 0.788. The Morgan fingerprint density at radius 1 is 0.348 bits per heavy atom. The number of aryl methyl sites for hydroxylation is 2. The number of rotatable bonds is 28. The van der Waals surface area contributed by atoms with Crippen molar-refractivity contribution in [2.24, 2.45) is 0 Å². The summed E-state index contributed by atoms with van der Waals surface area (Å²) in [7, 11) is 0. The van der Waals surface area contributed by atoms with Crippen molar-refractivity contribution in [2.45, 2.75) is 182 Å². The van der Waals surface area contributed by atoms with Crippen molar-refractivity contribution in [3.63, 3.8) is 0 Å². The second kappa shape index (κ2) is 24.0. The number of hydrogen-bond acceptors (Lipinski definition) is 2. The SMILES string of the molecule is CCCCCCCCCCOc1c2ccc(CCCCC)cc2c(OCCCCCCCCCC)c2ccc(CCCCC)cc12. The molecule has 0 unspecified atom stereocenters. The second-order valence-corrected chi connectivity index (χ2v) is 14.0. The molecule has 0 fully saturated rings. The summed E-state index contributed by atoms with van der Waals surface area (Å²) >= 11 is 0. The van der Waals surface area contributed by atoms with E-state index >= 15 is 0 Å². The highest BCUT2D eigenvalue weighted by Crippen LogP contribution is 2.44. The molecule has 46 heavy (non-hydrogen) atoms. The fraction of sp³-hybridized carbons (Fsp3) is 0.682. The topological polar surface area (TPSA) is 18.5 Å².